The number of benzene rings is 2. The number of halogens is 1. The summed E-state index contributed by atoms with van der Waals surface area (Å²) in [6, 6.07) is 11.3. The van der Waals surface area contributed by atoms with E-state index in [1.54, 1.807) is 31.2 Å². The fourth-order valence-corrected chi connectivity index (χ4v) is 5.22. The van der Waals surface area contributed by atoms with Gasteiger partial charge in [-0.1, -0.05) is 43.5 Å². The Balaban J connectivity index is 1.89. The van der Waals surface area contributed by atoms with Crippen molar-refractivity contribution in [3.63, 3.8) is 0 Å². The van der Waals surface area contributed by atoms with Gasteiger partial charge in [0.15, 0.2) is 0 Å². The first-order chi connectivity index (χ1) is 17.1. The third-order valence-corrected chi connectivity index (χ3v) is 7.54. The molecule has 2 amide bonds. The van der Waals surface area contributed by atoms with Gasteiger partial charge in [0.25, 0.3) is 0 Å². The minimum absolute atomic E-state index is 0.0158. The van der Waals surface area contributed by atoms with Gasteiger partial charge in [0.1, 0.15) is 24.2 Å². The van der Waals surface area contributed by atoms with E-state index < -0.39 is 34.3 Å². The zero-order valence-corrected chi connectivity index (χ0v) is 21.8. The Morgan fingerprint density at radius 1 is 1.08 bits per heavy atom. The van der Waals surface area contributed by atoms with Crippen molar-refractivity contribution < 1.29 is 27.1 Å². The number of hydrogen-bond donors (Lipinski definition) is 1. The molecular weight excluding hydrogens is 485 g/mol. The van der Waals surface area contributed by atoms with Crippen LogP contribution in [0, 0.1) is 5.82 Å². The standard InChI is InChI=1S/C26H34FN3O5S/c1-19(26(32)28-22-9-5-4-6-10-22)29(17-20-13-15-21(27)16-14-20)25(31)18-30(36(3,33)34)23-11-7-8-12-24(23)35-2/h7-8,11-16,19,22H,4-6,9-10,17-18H2,1-3H3,(H,28,32)/t19-/m0/s1. The van der Waals surface area contributed by atoms with Crippen LogP contribution in [0.25, 0.3) is 0 Å². The first kappa shape index (κ1) is 27.4. The minimum Gasteiger partial charge on any atom is -0.495 e. The smallest absolute Gasteiger partial charge is 0.244 e. The van der Waals surface area contributed by atoms with Gasteiger partial charge in [-0.05, 0) is 49.6 Å². The number of para-hydroxylation sites is 2. The SMILES string of the molecule is COc1ccccc1N(CC(=O)N(Cc1ccc(F)cc1)[C@@H](C)C(=O)NC1CCCCC1)S(C)(=O)=O. The average Bonchev–Trinajstić information content (AvgIpc) is 2.86. The van der Waals surface area contributed by atoms with E-state index >= 15 is 0 Å². The monoisotopic (exact) mass is 519 g/mol. The lowest BCUT2D eigenvalue weighted by atomic mass is 9.95. The largest absolute Gasteiger partial charge is 0.495 e. The number of rotatable bonds is 10. The van der Waals surface area contributed by atoms with Gasteiger partial charge in [-0.2, -0.15) is 0 Å². The van der Waals surface area contributed by atoms with Crippen molar-refractivity contribution in [1.29, 1.82) is 0 Å². The lowest BCUT2D eigenvalue weighted by Crippen LogP contribution is -2.53. The molecule has 0 radical (unpaired) electrons. The zero-order chi connectivity index (χ0) is 26.3. The number of ether oxygens (including phenoxy) is 1. The second-order valence-corrected chi connectivity index (χ2v) is 11.0. The van der Waals surface area contributed by atoms with E-state index in [0.29, 0.717) is 11.3 Å². The molecule has 1 N–H and O–H groups in total. The van der Waals surface area contributed by atoms with Gasteiger partial charge in [-0.3, -0.25) is 13.9 Å². The first-order valence-electron chi connectivity index (χ1n) is 12.0. The molecule has 0 bridgehead atoms. The molecule has 1 saturated carbocycles. The number of nitrogens with one attached hydrogen (secondary N) is 1. The first-order valence-corrected chi connectivity index (χ1v) is 13.9. The Bertz CT molecular complexity index is 1150. The van der Waals surface area contributed by atoms with Crippen molar-refractivity contribution in [1.82, 2.24) is 10.2 Å². The number of carbonyl (C=O) groups excluding carboxylic acids is 2. The number of hydrogen-bond acceptors (Lipinski definition) is 5. The van der Waals surface area contributed by atoms with Gasteiger partial charge in [0.05, 0.1) is 19.1 Å². The topological polar surface area (TPSA) is 96.0 Å². The second kappa shape index (κ2) is 12.2. The third kappa shape index (κ3) is 7.19. The molecule has 0 aromatic heterocycles. The Labute approximate surface area is 212 Å². The number of carbonyl (C=O) groups is 2. The van der Waals surface area contributed by atoms with E-state index in [1.807, 2.05) is 0 Å². The quantitative estimate of drug-likeness (QED) is 0.519. The Kier molecular flexibility index (Phi) is 9.31. The van der Waals surface area contributed by atoms with Crippen molar-refractivity contribution in [2.75, 3.05) is 24.2 Å². The predicted octanol–water partition coefficient (Wildman–Crippen LogP) is 3.47. The molecule has 2 aromatic carbocycles. The van der Waals surface area contributed by atoms with Crippen LogP contribution >= 0.6 is 0 Å². The molecule has 10 heteroatoms. The van der Waals surface area contributed by atoms with Crippen LogP contribution in [0.1, 0.15) is 44.6 Å². The van der Waals surface area contributed by atoms with Crippen LogP contribution in [0.5, 0.6) is 5.75 Å². The van der Waals surface area contributed by atoms with Crippen molar-refractivity contribution >= 4 is 27.5 Å². The summed E-state index contributed by atoms with van der Waals surface area (Å²) in [5, 5.41) is 3.04. The predicted molar refractivity (Wildman–Crippen MR) is 137 cm³/mol. The molecule has 1 aliphatic carbocycles. The summed E-state index contributed by atoms with van der Waals surface area (Å²) in [6.45, 7) is 1.11. The number of nitrogens with zero attached hydrogens (tertiary/aromatic N) is 2. The van der Waals surface area contributed by atoms with Gasteiger partial charge >= 0.3 is 0 Å². The van der Waals surface area contributed by atoms with E-state index in [4.69, 9.17) is 4.74 Å². The van der Waals surface area contributed by atoms with Crippen LogP contribution < -0.4 is 14.4 Å². The van der Waals surface area contributed by atoms with E-state index in [-0.39, 0.29) is 24.2 Å². The summed E-state index contributed by atoms with van der Waals surface area (Å²) in [5.41, 5.74) is 0.835. The highest BCUT2D eigenvalue weighted by atomic mass is 32.2. The van der Waals surface area contributed by atoms with Gasteiger partial charge in [-0.15, -0.1) is 0 Å². The van der Waals surface area contributed by atoms with E-state index in [1.165, 1.54) is 36.3 Å². The molecule has 1 fully saturated rings. The highest BCUT2D eigenvalue weighted by Gasteiger charge is 2.32. The maximum atomic E-state index is 13.6. The average molecular weight is 520 g/mol. The van der Waals surface area contributed by atoms with Crippen LogP contribution in [0.4, 0.5) is 10.1 Å². The van der Waals surface area contributed by atoms with Crippen molar-refractivity contribution in [3.8, 4) is 5.75 Å². The summed E-state index contributed by atoms with van der Waals surface area (Å²) in [5.74, 6) is -0.995. The lowest BCUT2D eigenvalue weighted by molar-refractivity contribution is -0.139. The van der Waals surface area contributed by atoms with Crippen molar-refractivity contribution in [2.24, 2.45) is 0 Å². The summed E-state index contributed by atoms with van der Waals surface area (Å²) in [4.78, 5) is 28.1. The van der Waals surface area contributed by atoms with Crippen LogP contribution in [-0.2, 0) is 26.2 Å². The molecule has 0 aliphatic heterocycles. The van der Waals surface area contributed by atoms with Gasteiger partial charge in [0, 0.05) is 12.6 Å². The van der Waals surface area contributed by atoms with Gasteiger partial charge in [0.2, 0.25) is 21.8 Å². The number of methoxy groups -OCH3 is 1. The maximum absolute atomic E-state index is 13.6. The van der Waals surface area contributed by atoms with Gasteiger partial charge in [-0.25, -0.2) is 12.8 Å². The summed E-state index contributed by atoms with van der Waals surface area (Å²) >= 11 is 0. The molecule has 0 saturated heterocycles. The summed E-state index contributed by atoms with van der Waals surface area (Å²) in [6.07, 6.45) is 6.01. The highest BCUT2D eigenvalue weighted by molar-refractivity contribution is 7.92. The number of sulfonamides is 1. The van der Waals surface area contributed by atoms with E-state index in [0.717, 1.165) is 42.7 Å². The van der Waals surface area contributed by atoms with Crippen LogP contribution in [0.15, 0.2) is 48.5 Å². The fraction of sp³-hybridized carbons (Fsp3) is 0.462. The maximum Gasteiger partial charge on any atom is 0.244 e. The molecule has 196 valence electrons. The Hall–Kier alpha value is -3.14. The zero-order valence-electron chi connectivity index (χ0n) is 20.9. The van der Waals surface area contributed by atoms with E-state index in [2.05, 4.69) is 5.32 Å². The molecule has 3 rings (SSSR count). The molecule has 0 unspecified atom stereocenters. The van der Waals surface area contributed by atoms with Crippen LogP contribution in [0.3, 0.4) is 0 Å². The van der Waals surface area contributed by atoms with Crippen molar-refractivity contribution in [2.45, 2.75) is 57.7 Å². The molecular formula is C26H34FN3O5S. The molecule has 1 aliphatic rings. The molecule has 0 spiro atoms. The minimum atomic E-state index is -3.87. The summed E-state index contributed by atoms with van der Waals surface area (Å²) < 4.78 is 45.1. The second-order valence-electron chi connectivity index (χ2n) is 9.11. The third-order valence-electron chi connectivity index (χ3n) is 6.42. The van der Waals surface area contributed by atoms with Crippen LogP contribution in [-0.4, -0.2) is 57.1 Å². The van der Waals surface area contributed by atoms with Crippen molar-refractivity contribution in [3.05, 3.63) is 59.9 Å². The molecule has 2 aromatic rings. The van der Waals surface area contributed by atoms with E-state index in [9.17, 15) is 22.4 Å². The fourth-order valence-electron chi connectivity index (χ4n) is 4.37. The molecule has 1 atom stereocenters. The molecule has 0 heterocycles. The molecule has 36 heavy (non-hydrogen) atoms. The number of anilines is 1. The summed E-state index contributed by atoms with van der Waals surface area (Å²) in [7, 11) is -2.45. The highest BCUT2D eigenvalue weighted by Crippen LogP contribution is 2.29. The normalized spacial score (nSPS) is 15.1. The molecule has 8 nitrogen and oxygen atoms in total. The lowest BCUT2D eigenvalue weighted by Gasteiger charge is -2.33. The number of amides is 2. The Morgan fingerprint density at radius 2 is 1.72 bits per heavy atom. The van der Waals surface area contributed by atoms with Gasteiger partial charge < -0.3 is 15.0 Å². The van der Waals surface area contributed by atoms with Crippen LogP contribution in [0.2, 0.25) is 0 Å². The Morgan fingerprint density at radius 3 is 2.33 bits per heavy atom.